The topological polar surface area (TPSA) is 54.9 Å². The van der Waals surface area contributed by atoms with E-state index < -0.39 is 11.9 Å². The Bertz CT molecular complexity index is 557. The smallest absolute Gasteiger partial charge is 0.275 e. The minimum atomic E-state index is -0.685. The lowest BCUT2D eigenvalue weighted by Crippen LogP contribution is -2.15. The highest BCUT2D eigenvalue weighted by atomic mass is 19.1. The first kappa shape index (κ1) is 11.2. The molecule has 2 rings (SSSR count). The van der Waals surface area contributed by atoms with Gasteiger partial charge in [0, 0.05) is 5.69 Å². The van der Waals surface area contributed by atoms with Crippen molar-refractivity contribution in [1.82, 2.24) is 9.97 Å². The van der Waals surface area contributed by atoms with Crippen molar-refractivity contribution < 1.29 is 9.18 Å². The van der Waals surface area contributed by atoms with Crippen molar-refractivity contribution in [3.05, 3.63) is 53.7 Å². The molecule has 1 N–H and O–H groups in total. The summed E-state index contributed by atoms with van der Waals surface area (Å²) in [6.45, 7) is 1.82. The summed E-state index contributed by atoms with van der Waals surface area (Å²) in [5.74, 6) is -0.751. The standard InChI is InChI=1S/C12H10FN3O/c1-8-4-2-7-11(14-8)16-12(17)9-5-3-6-10(13)15-9/h2-7H,1H3,(H,14,16,17). The molecule has 0 aliphatic rings. The number of nitrogens with zero attached hydrogens (tertiary/aromatic N) is 2. The van der Waals surface area contributed by atoms with Gasteiger partial charge in [0.1, 0.15) is 11.5 Å². The Kier molecular flexibility index (Phi) is 3.09. The molecular formula is C12H10FN3O. The van der Waals surface area contributed by atoms with Crippen LogP contribution in [0.5, 0.6) is 0 Å². The third-order valence-corrected chi connectivity index (χ3v) is 2.08. The first-order valence-electron chi connectivity index (χ1n) is 5.03. The van der Waals surface area contributed by atoms with E-state index in [0.29, 0.717) is 5.82 Å². The largest absolute Gasteiger partial charge is 0.305 e. The van der Waals surface area contributed by atoms with Crippen LogP contribution in [-0.2, 0) is 0 Å². The Morgan fingerprint density at radius 2 is 1.94 bits per heavy atom. The number of aromatic nitrogens is 2. The van der Waals surface area contributed by atoms with Gasteiger partial charge >= 0.3 is 0 Å². The monoisotopic (exact) mass is 231 g/mol. The van der Waals surface area contributed by atoms with E-state index in [1.165, 1.54) is 18.2 Å². The van der Waals surface area contributed by atoms with Crippen molar-refractivity contribution in [2.75, 3.05) is 5.32 Å². The van der Waals surface area contributed by atoms with Gasteiger partial charge in [0.05, 0.1) is 0 Å². The van der Waals surface area contributed by atoms with Crippen LogP contribution in [0.4, 0.5) is 10.2 Å². The molecule has 0 saturated heterocycles. The Labute approximate surface area is 97.5 Å². The molecule has 2 heterocycles. The van der Waals surface area contributed by atoms with Gasteiger partial charge in [0.15, 0.2) is 0 Å². The van der Waals surface area contributed by atoms with Gasteiger partial charge in [-0.15, -0.1) is 0 Å². The Morgan fingerprint density at radius 1 is 1.18 bits per heavy atom. The molecule has 86 valence electrons. The maximum atomic E-state index is 12.8. The summed E-state index contributed by atoms with van der Waals surface area (Å²) in [5.41, 5.74) is 0.809. The molecule has 0 bridgehead atoms. The van der Waals surface area contributed by atoms with Crippen LogP contribution in [0.3, 0.4) is 0 Å². The van der Waals surface area contributed by atoms with Gasteiger partial charge in [-0.25, -0.2) is 9.97 Å². The van der Waals surface area contributed by atoms with Gasteiger partial charge in [-0.05, 0) is 31.2 Å². The third kappa shape index (κ3) is 2.84. The lowest BCUT2D eigenvalue weighted by molar-refractivity contribution is 0.102. The summed E-state index contributed by atoms with van der Waals surface area (Å²) < 4.78 is 12.8. The number of hydrogen-bond acceptors (Lipinski definition) is 3. The number of anilines is 1. The Morgan fingerprint density at radius 3 is 2.65 bits per heavy atom. The highest BCUT2D eigenvalue weighted by Crippen LogP contribution is 2.06. The molecule has 2 aromatic rings. The molecule has 0 aliphatic heterocycles. The number of nitrogens with one attached hydrogen (secondary N) is 1. The van der Waals surface area contributed by atoms with Crippen molar-refractivity contribution in [2.24, 2.45) is 0 Å². The first-order valence-corrected chi connectivity index (χ1v) is 5.03. The third-order valence-electron chi connectivity index (χ3n) is 2.08. The number of carbonyl (C=O) groups is 1. The predicted octanol–water partition coefficient (Wildman–Crippen LogP) is 2.18. The van der Waals surface area contributed by atoms with E-state index in [9.17, 15) is 9.18 Å². The number of amides is 1. The minimum absolute atomic E-state index is 0.0216. The van der Waals surface area contributed by atoms with Crippen molar-refractivity contribution in [3.8, 4) is 0 Å². The number of aryl methyl sites for hydroxylation is 1. The zero-order valence-electron chi connectivity index (χ0n) is 9.14. The highest BCUT2D eigenvalue weighted by Gasteiger charge is 2.08. The van der Waals surface area contributed by atoms with Gasteiger partial charge in [-0.2, -0.15) is 4.39 Å². The van der Waals surface area contributed by atoms with Gasteiger partial charge in [-0.1, -0.05) is 12.1 Å². The van der Waals surface area contributed by atoms with E-state index in [-0.39, 0.29) is 5.69 Å². The summed E-state index contributed by atoms with van der Waals surface area (Å²) in [6.07, 6.45) is 0. The van der Waals surface area contributed by atoms with E-state index >= 15 is 0 Å². The molecule has 0 fully saturated rings. The van der Waals surface area contributed by atoms with Crippen LogP contribution in [-0.4, -0.2) is 15.9 Å². The summed E-state index contributed by atoms with van der Waals surface area (Å²) in [4.78, 5) is 19.3. The second-order valence-electron chi connectivity index (χ2n) is 3.46. The van der Waals surface area contributed by atoms with Crippen LogP contribution in [0.1, 0.15) is 16.2 Å². The zero-order valence-corrected chi connectivity index (χ0v) is 9.14. The summed E-state index contributed by atoms with van der Waals surface area (Å²) in [6, 6.07) is 9.30. The molecule has 0 aromatic carbocycles. The Hall–Kier alpha value is -2.30. The molecule has 5 heteroatoms. The van der Waals surface area contributed by atoms with Crippen LogP contribution in [0, 0.1) is 12.9 Å². The molecule has 0 unspecified atom stereocenters. The van der Waals surface area contributed by atoms with Gasteiger partial charge in [-0.3, -0.25) is 4.79 Å². The summed E-state index contributed by atoms with van der Waals surface area (Å²) in [7, 11) is 0. The molecule has 0 spiro atoms. The number of hydrogen-bond donors (Lipinski definition) is 1. The highest BCUT2D eigenvalue weighted by molar-refractivity contribution is 6.02. The van der Waals surface area contributed by atoms with E-state index in [4.69, 9.17) is 0 Å². The van der Waals surface area contributed by atoms with Gasteiger partial charge in [0.2, 0.25) is 5.95 Å². The summed E-state index contributed by atoms with van der Waals surface area (Å²) in [5, 5.41) is 2.55. The van der Waals surface area contributed by atoms with Gasteiger partial charge in [0.25, 0.3) is 5.91 Å². The van der Waals surface area contributed by atoms with E-state index in [1.807, 2.05) is 13.0 Å². The van der Waals surface area contributed by atoms with E-state index in [1.54, 1.807) is 12.1 Å². The van der Waals surface area contributed by atoms with Crippen LogP contribution >= 0.6 is 0 Å². The first-order chi connectivity index (χ1) is 8.15. The molecule has 4 nitrogen and oxygen atoms in total. The van der Waals surface area contributed by atoms with Crippen molar-refractivity contribution in [2.45, 2.75) is 6.92 Å². The fraction of sp³-hybridized carbons (Fsp3) is 0.0833. The average molecular weight is 231 g/mol. The molecule has 1 amide bonds. The minimum Gasteiger partial charge on any atom is -0.305 e. The molecular weight excluding hydrogens is 221 g/mol. The lowest BCUT2D eigenvalue weighted by Gasteiger charge is -2.04. The summed E-state index contributed by atoms with van der Waals surface area (Å²) >= 11 is 0. The van der Waals surface area contributed by atoms with E-state index in [2.05, 4.69) is 15.3 Å². The SMILES string of the molecule is Cc1cccc(NC(=O)c2cccc(F)n2)n1. The van der Waals surface area contributed by atoms with E-state index in [0.717, 1.165) is 5.69 Å². The molecule has 0 saturated carbocycles. The number of rotatable bonds is 2. The molecule has 0 aliphatic carbocycles. The lowest BCUT2D eigenvalue weighted by atomic mass is 10.3. The maximum absolute atomic E-state index is 12.8. The number of halogens is 1. The fourth-order valence-electron chi connectivity index (χ4n) is 1.33. The predicted molar refractivity (Wildman–Crippen MR) is 61.1 cm³/mol. The van der Waals surface area contributed by atoms with Crippen molar-refractivity contribution in [3.63, 3.8) is 0 Å². The Balaban J connectivity index is 2.17. The molecule has 2 aromatic heterocycles. The number of pyridine rings is 2. The second kappa shape index (κ2) is 4.69. The average Bonchev–Trinajstić information content (AvgIpc) is 2.29. The second-order valence-corrected chi connectivity index (χ2v) is 3.46. The van der Waals surface area contributed by atoms with Crippen LogP contribution in [0.15, 0.2) is 36.4 Å². The van der Waals surface area contributed by atoms with Crippen molar-refractivity contribution in [1.29, 1.82) is 0 Å². The normalized spacial score (nSPS) is 10.0. The van der Waals surface area contributed by atoms with Crippen LogP contribution < -0.4 is 5.32 Å². The van der Waals surface area contributed by atoms with Crippen LogP contribution in [0.2, 0.25) is 0 Å². The maximum Gasteiger partial charge on any atom is 0.275 e. The van der Waals surface area contributed by atoms with Crippen LogP contribution in [0.25, 0.3) is 0 Å². The quantitative estimate of drug-likeness (QED) is 0.806. The zero-order chi connectivity index (χ0) is 12.3. The van der Waals surface area contributed by atoms with Crippen molar-refractivity contribution >= 4 is 11.7 Å². The molecule has 0 radical (unpaired) electrons. The molecule has 0 atom stereocenters. The fourth-order valence-corrected chi connectivity index (χ4v) is 1.33. The molecule has 17 heavy (non-hydrogen) atoms. The van der Waals surface area contributed by atoms with Gasteiger partial charge < -0.3 is 5.32 Å². The number of carbonyl (C=O) groups excluding carboxylic acids is 1.